The smallest absolute Gasteiger partial charge is 0.140 e. The number of fused-ring (bicyclic) bond motifs is 1. The van der Waals surface area contributed by atoms with Gasteiger partial charge in [-0.1, -0.05) is 25.7 Å². The fraction of sp³-hybridized carbons (Fsp3) is 0.857. The van der Waals surface area contributed by atoms with Crippen molar-refractivity contribution in [2.24, 2.45) is 5.73 Å². The van der Waals surface area contributed by atoms with Crippen molar-refractivity contribution in [3.05, 3.63) is 11.6 Å². The van der Waals surface area contributed by atoms with Crippen LogP contribution >= 0.6 is 0 Å². The van der Waals surface area contributed by atoms with Gasteiger partial charge in [0.15, 0.2) is 0 Å². The monoisotopic (exact) mass is 248 g/mol. The van der Waals surface area contributed by atoms with E-state index in [2.05, 4.69) is 14.8 Å². The number of hydrogen-bond acceptors (Lipinski definition) is 3. The van der Waals surface area contributed by atoms with Gasteiger partial charge in [-0.25, -0.2) is 0 Å². The fourth-order valence-electron chi connectivity index (χ4n) is 3.62. The molecule has 0 aromatic carbocycles. The van der Waals surface area contributed by atoms with E-state index in [0.717, 1.165) is 19.5 Å². The highest BCUT2D eigenvalue weighted by atomic mass is 15.3. The number of nitrogens with zero attached hydrogens (tertiary/aromatic N) is 3. The molecule has 2 heterocycles. The summed E-state index contributed by atoms with van der Waals surface area (Å²) < 4.78 is 2.38. The first-order valence-corrected chi connectivity index (χ1v) is 7.48. The maximum Gasteiger partial charge on any atom is 0.140 e. The van der Waals surface area contributed by atoms with E-state index in [-0.39, 0.29) is 5.41 Å². The second-order valence-electron chi connectivity index (χ2n) is 5.95. The second-order valence-corrected chi connectivity index (χ2v) is 5.95. The number of rotatable bonds is 2. The first-order chi connectivity index (χ1) is 8.86. The molecular formula is C14H24N4. The third-order valence-electron chi connectivity index (χ3n) is 4.79. The van der Waals surface area contributed by atoms with Gasteiger partial charge < -0.3 is 10.3 Å². The van der Waals surface area contributed by atoms with Gasteiger partial charge in [0.25, 0.3) is 0 Å². The van der Waals surface area contributed by atoms with Gasteiger partial charge in [0, 0.05) is 24.9 Å². The Bertz CT molecular complexity index is 402. The van der Waals surface area contributed by atoms with Crippen molar-refractivity contribution in [2.75, 3.05) is 6.54 Å². The van der Waals surface area contributed by atoms with Crippen LogP contribution in [0.1, 0.15) is 63.0 Å². The van der Waals surface area contributed by atoms with Crippen molar-refractivity contribution < 1.29 is 0 Å². The molecule has 0 radical (unpaired) electrons. The number of hydrogen-bond donors (Lipinski definition) is 1. The Morgan fingerprint density at radius 2 is 1.78 bits per heavy atom. The molecule has 4 nitrogen and oxygen atoms in total. The molecule has 18 heavy (non-hydrogen) atoms. The highest BCUT2D eigenvalue weighted by Gasteiger charge is 2.37. The number of aryl methyl sites for hydroxylation is 1. The van der Waals surface area contributed by atoms with Crippen LogP contribution in [-0.4, -0.2) is 21.3 Å². The van der Waals surface area contributed by atoms with Crippen molar-refractivity contribution in [1.82, 2.24) is 14.8 Å². The average Bonchev–Trinajstić information content (AvgIpc) is 2.70. The minimum atomic E-state index is 0.110. The van der Waals surface area contributed by atoms with E-state index in [1.54, 1.807) is 0 Å². The maximum atomic E-state index is 6.15. The van der Waals surface area contributed by atoms with Crippen LogP contribution in [0.25, 0.3) is 0 Å². The predicted molar refractivity (Wildman–Crippen MR) is 71.4 cm³/mol. The highest BCUT2D eigenvalue weighted by Crippen LogP contribution is 2.37. The quantitative estimate of drug-likeness (QED) is 0.816. The molecule has 2 N–H and O–H groups in total. The zero-order chi connectivity index (χ0) is 12.4. The summed E-state index contributed by atoms with van der Waals surface area (Å²) in [5.41, 5.74) is 6.26. The summed E-state index contributed by atoms with van der Waals surface area (Å²) in [6.45, 7) is 1.82. The summed E-state index contributed by atoms with van der Waals surface area (Å²) in [5.74, 6) is 2.38. The van der Waals surface area contributed by atoms with Crippen molar-refractivity contribution in [2.45, 2.75) is 69.7 Å². The van der Waals surface area contributed by atoms with E-state index in [4.69, 9.17) is 5.73 Å². The first-order valence-electron chi connectivity index (χ1n) is 7.48. The Morgan fingerprint density at radius 1 is 1.00 bits per heavy atom. The Hall–Kier alpha value is -0.900. The van der Waals surface area contributed by atoms with Crippen LogP contribution in [0.5, 0.6) is 0 Å². The zero-order valence-corrected chi connectivity index (χ0v) is 11.2. The minimum Gasteiger partial charge on any atom is -0.329 e. The summed E-state index contributed by atoms with van der Waals surface area (Å²) in [6, 6.07) is 0. The van der Waals surface area contributed by atoms with E-state index in [9.17, 15) is 0 Å². The Balaban J connectivity index is 1.97. The van der Waals surface area contributed by atoms with Gasteiger partial charge >= 0.3 is 0 Å². The van der Waals surface area contributed by atoms with Crippen LogP contribution in [-0.2, 0) is 18.4 Å². The van der Waals surface area contributed by atoms with Crippen molar-refractivity contribution in [1.29, 1.82) is 0 Å². The zero-order valence-electron chi connectivity index (χ0n) is 11.2. The third-order valence-corrected chi connectivity index (χ3v) is 4.79. The van der Waals surface area contributed by atoms with Crippen molar-refractivity contribution in [3.63, 3.8) is 0 Å². The molecule has 100 valence electrons. The van der Waals surface area contributed by atoms with Crippen LogP contribution < -0.4 is 5.73 Å². The first kappa shape index (κ1) is 12.2. The van der Waals surface area contributed by atoms with Crippen LogP contribution in [0.3, 0.4) is 0 Å². The third kappa shape index (κ3) is 1.96. The predicted octanol–water partition coefficient (Wildman–Crippen LogP) is 2.17. The van der Waals surface area contributed by atoms with Gasteiger partial charge in [0.1, 0.15) is 11.6 Å². The Labute approximate surface area is 109 Å². The molecule has 1 saturated carbocycles. The molecule has 0 spiro atoms. The molecule has 0 bridgehead atoms. The Kier molecular flexibility index (Phi) is 3.37. The molecule has 1 aromatic heterocycles. The lowest BCUT2D eigenvalue weighted by Crippen LogP contribution is -2.38. The van der Waals surface area contributed by atoms with E-state index >= 15 is 0 Å². The molecule has 0 saturated heterocycles. The fourth-order valence-corrected chi connectivity index (χ4v) is 3.62. The van der Waals surface area contributed by atoms with Gasteiger partial charge in [-0.15, -0.1) is 10.2 Å². The molecule has 1 fully saturated rings. The highest BCUT2D eigenvalue weighted by molar-refractivity contribution is 5.13. The van der Waals surface area contributed by atoms with E-state index in [1.165, 1.54) is 63.0 Å². The maximum absolute atomic E-state index is 6.15. The van der Waals surface area contributed by atoms with Crippen LogP contribution in [0.15, 0.2) is 0 Å². The topological polar surface area (TPSA) is 56.7 Å². The molecule has 1 aromatic rings. The summed E-state index contributed by atoms with van der Waals surface area (Å²) in [7, 11) is 0. The normalized spacial score (nSPS) is 23.4. The van der Waals surface area contributed by atoms with E-state index < -0.39 is 0 Å². The van der Waals surface area contributed by atoms with Crippen molar-refractivity contribution >= 4 is 0 Å². The largest absolute Gasteiger partial charge is 0.329 e. The van der Waals surface area contributed by atoms with Gasteiger partial charge in [0.05, 0.1) is 0 Å². The SMILES string of the molecule is NCC1(c2nnc3n2CCCC3)CCCCCC1. The van der Waals surface area contributed by atoms with Crippen molar-refractivity contribution in [3.8, 4) is 0 Å². The number of aromatic nitrogens is 3. The lowest BCUT2D eigenvalue weighted by molar-refractivity contribution is 0.335. The summed E-state index contributed by atoms with van der Waals surface area (Å²) in [4.78, 5) is 0. The molecule has 4 heteroatoms. The van der Waals surface area contributed by atoms with Gasteiger partial charge in [-0.05, 0) is 25.7 Å². The van der Waals surface area contributed by atoms with Crippen LogP contribution in [0, 0.1) is 0 Å². The van der Waals surface area contributed by atoms with E-state index in [1.807, 2.05) is 0 Å². The molecule has 3 rings (SSSR count). The standard InChI is InChI=1S/C14H24N4/c15-11-14(8-4-1-2-5-9-14)13-17-16-12-7-3-6-10-18(12)13/h1-11,15H2. The Morgan fingerprint density at radius 3 is 2.50 bits per heavy atom. The molecule has 0 atom stereocenters. The molecular weight excluding hydrogens is 224 g/mol. The molecule has 1 aliphatic carbocycles. The average molecular weight is 248 g/mol. The van der Waals surface area contributed by atoms with Crippen LogP contribution in [0.2, 0.25) is 0 Å². The van der Waals surface area contributed by atoms with Gasteiger partial charge in [-0.2, -0.15) is 0 Å². The van der Waals surface area contributed by atoms with Gasteiger partial charge in [-0.3, -0.25) is 0 Å². The molecule has 0 amide bonds. The summed E-state index contributed by atoms with van der Waals surface area (Å²) in [5, 5.41) is 8.95. The lowest BCUT2D eigenvalue weighted by atomic mass is 9.79. The molecule has 1 aliphatic heterocycles. The molecule has 0 unspecified atom stereocenters. The minimum absolute atomic E-state index is 0.110. The lowest BCUT2D eigenvalue weighted by Gasteiger charge is -2.31. The number of nitrogens with two attached hydrogens (primary N) is 1. The van der Waals surface area contributed by atoms with Crippen LogP contribution in [0.4, 0.5) is 0 Å². The summed E-state index contributed by atoms with van der Waals surface area (Å²) in [6.07, 6.45) is 11.3. The van der Waals surface area contributed by atoms with E-state index in [0.29, 0.717) is 0 Å². The summed E-state index contributed by atoms with van der Waals surface area (Å²) >= 11 is 0. The second kappa shape index (κ2) is 5.00. The van der Waals surface area contributed by atoms with Gasteiger partial charge in [0.2, 0.25) is 0 Å². The molecule has 2 aliphatic rings.